The molecular weight excluding hydrogens is 488 g/mol. The van der Waals surface area contributed by atoms with Crippen LogP contribution in [0.4, 0.5) is 0 Å². The molecule has 0 N–H and O–H groups in total. The van der Waals surface area contributed by atoms with Gasteiger partial charge in [0, 0.05) is 68.7 Å². The third-order valence-electron chi connectivity index (χ3n) is 7.15. The number of rotatable bonds is 12. The minimum absolute atomic E-state index is 0.233. The maximum Gasteiger partial charge on any atom is 0.140 e. The van der Waals surface area contributed by atoms with Gasteiger partial charge in [-0.3, -0.25) is 14.7 Å². The lowest BCUT2D eigenvalue weighted by atomic mass is 10.0. The summed E-state index contributed by atoms with van der Waals surface area (Å²) in [6.07, 6.45) is 8.43. The molecular formula is C32H36N4O3. The summed E-state index contributed by atoms with van der Waals surface area (Å²) in [5.74, 6) is 1.98. The van der Waals surface area contributed by atoms with E-state index in [2.05, 4.69) is 38.8 Å². The summed E-state index contributed by atoms with van der Waals surface area (Å²) in [6, 6.07) is 20.2. The zero-order valence-electron chi connectivity index (χ0n) is 22.6. The molecule has 0 amide bonds. The molecule has 0 atom stereocenters. The summed E-state index contributed by atoms with van der Waals surface area (Å²) >= 11 is 0. The molecule has 0 bridgehead atoms. The van der Waals surface area contributed by atoms with Crippen LogP contribution in [-0.2, 0) is 28.9 Å². The molecule has 0 radical (unpaired) electrons. The average molecular weight is 525 g/mol. The van der Waals surface area contributed by atoms with Gasteiger partial charge in [0.1, 0.15) is 17.4 Å². The first-order chi connectivity index (χ1) is 19.2. The van der Waals surface area contributed by atoms with E-state index in [-0.39, 0.29) is 5.78 Å². The Kier molecular flexibility index (Phi) is 9.14. The van der Waals surface area contributed by atoms with Gasteiger partial charge in [-0.1, -0.05) is 42.5 Å². The van der Waals surface area contributed by atoms with Crippen molar-refractivity contribution in [2.45, 2.75) is 32.2 Å². The lowest BCUT2D eigenvalue weighted by Crippen LogP contribution is -2.37. The van der Waals surface area contributed by atoms with Gasteiger partial charge in [-0.2, -0.15) is 0 Å². The first kappa shape index (κ1) is 26.8. The maximum atomic E-state index is 12.6. The van der Waals surface area contributed by atoms with Crippen LogP contribution in [0.3, 0.4) is 0 Å². The van der Waals surface area contributed by atoms with Crippen LogP contribution in [0.25, 0.3) is 22.6 Å². The van der Waals surface area contributed by atoms with Gasteiger partial charge in [0.05, 0.1) is 26.0 Å². The predicted molar refractivity (Wildman–Crippen MR) is 153 cm³/mol. The number of Topliss-reactive ketones (excluding diaryl/α,β-unsaturated/α-hetero) is 1. The van der Waals surface area contributed by atoms with Crippen molar-refractivity contribution in [2.75, 3.05) is 40.0 Å². The molecule has 202 valence electrons. The molecule has 7 heteroatoms. The van der Waals surface area contributed by atoms with Crippen LogP contribution >= 0.6 is 0 Å². The summed E-state index contributed by atoms with van der Waals surface area (Å²) in [4.78, 5) is 24.2. The highest BCUT2D eigenvalue weighted by atomic mass is 16.5. The van der Waals surface area contributed by atoms with E-state index in [1.54, 1.807) is 13.3 Å². The van der Waals surface area contributed by atoms with E-state index in [1.807, 2.05) is 48.7 Å². The number of pyridine rings is 1. The van der Waals surface area contributed by atoms with Crippen molar-refractivity contribution < 1.29 is 14.3 Å². The lowest BCUT2D eigenvalue weighted by Gasteiger charge is -2.26. The van der Waals surface area contributed by atoms with Crippen molar-refractivity contribution in [3.8, 4) is 28.4 Å². The Balaban J connectivity index is 1.28. The standard InChI is InChI=1S/C32H36N4O3/c1-38-30-7-2-6-28(22-30)32-34-31(24-36(32)16-4-15-35-17-19-39-20-18-35)27-11-8-25(9-12-27)21-29(37)13-10-26-5-3-14-33-23-26/h2-3,5-9,11-12,14,22-24H,4,10,13,15-21H2,1H3. The number of methoxy groups -OCH3 is 1. The number of aryl methyl sites for hydroxylation is 2. The summed E-state index contributed by atoms with van der Waals surface area (Å²) in [7, 11) is 1.69. The third kappa shape index (κ3) is 7.40. The predicted octanol–water partition coefficient (Wildman–Crippen LogP) is 5.09. The zero-order chi connectivity index (χ0) is 26.9. The van der Waals surface area contributed by atoms with E-state index in [0.29, 0.717) is 12.8 Å². The molecule has 0 unspecified atom stereocenters. The Morgan fingerprint density at radius 3 is 2.59 bits per heavy atom. The number of ether oxygens (including phenoxy) is 2. The number of aromatic nitrogens is 3. The van der Waals surface area contributed by atoms with Crippen molar-refractivity contribution in [1.29, 1.82) is 0 Å². The van der Waals surface area contributed by atoms with E-state index in [1.165, 1.54) is 0 Å². The van der Waals surface area contributed by atoms with Crippen LogP contribution in [-0.4, -0.2) is 65.2 Å². The Morgan fingerprint density at radius 2 is 1.82 bits per heavy atom. The quantitative estimate of drug-likeness (QED) is 0.257. The summed E-state index contributed by atoms with van der Waals surface area (Å²) in [5, 5.41) is 0. The second kappa shape index (κ2) is 13.3. The summed E-state index contributed by atoms with van der Waals surface area (Å²) in [5.41, 5.74) is 5.11. The van der Waals surface area contributed by atoms with Crippen molar-refractivity contribution in [1.82, 2.24) is 19.4 Å². The Hall–Kier alpha value is -3.81. The van der Waals surface area contributed by atoms with Gasteiger partial charge >= 0.3 is 0 Å². The fourth-order valence-corrected chi connectivity index (χ4v) is 4.95. The van der Waals surface area contributed by atoms with Crippen LogP contribution in [0.15, 0.2) is 79.3 Å². The summed E-state index contributed by atoms with van der Waals surface area (Å²) < 4.78 is 13.2. The Labute approximate surface area is 230 Å². The van der Waals surface area contributed by atoms with Crippen molar-refractivity contribution >= 4 is 5.78 Å². The van der Waals surface area contributed by atoms with Gasteiger partial charge < -0.3 is 14.0 Å². The Morgan fingerprint density at radius 1 is 0.974 bits per heavy atom. The lowest BCUT2D eigenvalue weighted by molar-refractivity contribution is -0.118. The van der Waals surface area contributed by atoms with Crippen LogP contribution in [0, 0.1) is 0 Å². The van der Waals surface area contributed by atoms with Crippen molar-refractivity contribution in [2.24, 2.45) is 0 Å². The molecule has 0 spiro atoms. The molecule has 4 aromatic rings. The molecule has 2 aromatic heterocycles. The molecule has 1 aliphatic rings. The number of benzene rings is 2. The molecule has 0 aliphatic carbocycles. The van der Waals surface area contributed by atoms with Gasteiger partial charge in [0.25, 0.3) is 0 Å². The zero-order valence-corrected chi connectivity index (χ0v) is 22.6. The molecule has 7 nitrogen and oxygen atoms in total. The van der Waals surface area contributed by atoms with E-state index in [4.69, 9.17) is 14.5 Å². The van der Waals surface area contributed by atoms with Crippen LogP contribution in [0.2, 0.25) is 0 Å². The van der Waals surface area contributed by atoms with E-state index >= 15 is 0 Å². The monoisotopic (exact) mass is 524 g/mol. The van der Waals surface area contributed by atoms with Gasteiger partial charge in [-0.05, 0) is 42.2 Å². The smallest absolute Gasteiger partial charge is 0.140 e. The fourth-order valence-electron chi connectivity index (χ4n) is 4.95. The maximum absolute atomic E-state index is 12.6. The number of imidazole rings is 1. The van der Waals surface area contributed by atoms with E-state index < -0.39 is 0 Å². The Bertz CT molecular complexity index is 1350. The van der Waals surface area contributed by atoms with Gasteiger partial charge in [-0.15, -0.1) is 0 Å². The molecule has 5 rings (SSSR count). The molecule has 1 aliphatic heterocycles. The van der Waals surface area contributed by atoms with Gasteiger partial charge in [-0.25, -0.2) is 4.98 Å². The van der Waals surface area contributed by atoms with Crippen molar-refractivity contribution in [3.05, 3.63) is 90.4 Å². The molecule has 3 heterocycles. The number of hydrogen-bond donors (Lipinski definition) is 0. The highest BCUT2D eigenvalue weighted by Crippen LogP contribution is 2.28. The number of carbonyl (C=O) groups excluding carboxylic acids is 1. The minimum atomic E-state index is 0.233. The molecule has 39 heavy (non-hydrogen) atoms. The molecule has 1 fully saturated rings. The largest absolute Gasteiger partial charge is 0.497 e. The van der Waals surface area contributed by atoms with E-state index in [9.17, 15) is 4.79 Å². The van der Waals surface area contributed by atoms with Gasteiger partial charge in [0.15, 0.2) is 0 Å². The number of carbonyl (C=O) groups is 1. The molecule has 1 saturated heterocycles. The van der Waals surface area contributed by atoms with Crippen LogP contribution in [0.1, 0.15) is 24.0 Å². The third-order valence-corrected chi connectivity index (χ3v) is 7.15. The first-order valence-electron chi connectivity index (χ1n) is 13.7. The number of ketones is 1. The average Bonchev–Trinajstić information content (AvgIpc) is 3.42. The summed E-state index contributed by atoms with van der Waals surface area (Å²) in [6.45, 7) is 5.54. The highest BCUT2D eigenvalue weighted by Gasteiger charge is 2.15. The first-order valence-corrected chi connectivity index (χ1v) is 13.7. The molecule has 0 saturated carbocycles. The van der Waals surface area contributed by atoms with Crippen LogP contribution in [0.5, 0.6) is 5.75 Å². The second-order valence-electron chi connectivity index (χ2n) is 9.96. The van der Waals surface area contributed by atoms with Crippen LogP contribution < -0.4 is 4.74 Å². The van der Waals surface area contributed by atoms with Crippen molar-refractivity contribution in [3.63, 3.8) is 0 Å². The normalized spacial score (nSPS) is 13.9. The number of hydrogen-bond acceptors (Lipinski definition) is 6. The SMILES string of the molecule is COc1cccc(-c2nc(-c3ccc(CC(=O)CCc4cccnc4)cc3)cn2CCCN2CCOCC2)c1. The number of morpholine rings is 1. The highest BCUT2D eigenvalue weighted by molar-refractivity contribution is 5.81. The molecule has 2 aromatic carbocycles. The second-order valence-corrected chi connectivity index (χ2v) is 9.96. The minimum Gasteiger partial charge on any atom is -0.497 e. The number of nitrogens with zero attached hydrogens (tertiary/aromatic N) is 4. The van der Waals surface area contributed by atoms with E-state index in [0.717, 1.165) is 91.8 Å². The fraction of sp³-hybridized carbons (Fsp3) is 0.344. The van der Waals surface area contributed by atoms with Gasteiger partial charge in [0.2, 0.25) is 0 Å². The topological polar surface area (TPSA) is 69.5 Å².